The first-order valence-corrected chi connectivity index (χ1v) is 7.27. The van der Waals surface area contributed by atoms with Crippen LogP contribution in [0.5, 0.6) is 0 Å². The first-order chi connectivity index (χ1) is 8.39. The van der Waals surface area contributed by atoms with Crippen molar-refractivity contribution in [3.8, 4) is 0 Å². The van der Waals surface area contributed by atoms with Crippen molar-refractivity contribution in [2.24, 2.45) is 0 Å². The lowest BCUT2D eigenvalue weighted by Crippen LogP contribution is -2.17. The Hall–Kier alpha value is -0.390. The molecule has 0 rings (SSSR count). The van der Waals surface area contributed by atoms with Gasteiger partial charge >= 0.3 is 12.1 Å². The molecule has 0 aliphatic carbocycles. The van der Waals surface area contributed by atoms with Crippen molar-refractivity contribution in [2.75, 3.05) is 12.4 Å². The van der Waals surface area contributed by atoms with Crippen molar-refractivity contribution < 1.29 is 22.7 Å². The SMILES string of the molecule is CCCCC(=O)OCC(CC)SCCC(F)(F)F. The smallest absolute Gasteiger partial charge is 0.389 e. The Morgan fingerprint density at radius 2 is 2.00 bits per heavy atom. The third-order valence-corrected chi connectivity index (χ3v) is 3.74. The van der Waals surface area contributed by atoms with Gasteiger partial charge in [0.05, 0.1) is 6.42 Å². The fourth-order valence-corrected chi connectivity index (χ4v) is 2.29. The summed E-state index contributed by atoms with van der Waals surface area (Å²) >= 11 is 1.22. The average molecular weight is 286 g/mol. The van der Waals surface area contributed by atoms with Gasteiger partial charge in [0.15, 0.2) is 0 Å². The van der Waals surface area contributed by atoms with Crippen LogP contribution in [0.25, 0.3) is 0 Å². The van der Waals surface area contributed by atoms with Crippen LogP contribution in [0.3, 0.4) is 0 Å². The van der Waals surface area contributed by atoms with Gasteiger partial charge in [-0.15, -0.1) is 0 Å². The molecule has 0 N–H and O–H groups in total. The number of hydrogen-bond donors (Lipinski definition) is 0. The van der Waals surface area contributed by atoms with Crippen molar-refractivity contribution in [1.82, 2.24) is 0 Å². The van der Waals surface area contributed by atoms with Gasteiger partial charge in [-0.3, -0.25) is 4.79 Å². The number of rotatable bonds is 9. The van der Waals surface area contributed by atoms with E-state index in [2.05, 4.69) is 0 Å². The summed E-state index contributed by atoms with van der Waals surface area (Å²) in [5.41, 5.74) is 0. The quantitative estimate of drug-likeness (QED) is 0.595. The molecule has 108 valence electrons. The Balaban J connectivity index is 3.73. The third kappa shape index (κ3) is 10.7. The largest absolute Gasteiger partial charge is 0.464 e. The molecule has 0 spiro atoms. The van der Waals surface area contributed by atoms with Gasteiger partial charge in [-0.1, -0.05) is 20.3 Å². The van der Waals surface area contributed by atoms with Gasteiger partial charge in [0.1, 0.15) is 6.61 Å². The standard InChI is InChI=1S/C12H21F3O2S/c1-3-5-6-11(16)17-9-10(4-2)18-8-7-12(13,14)15/h10H,3-9H2,1-2H3. The van der Waals surface area contributed by atoms with Gasteiger partial charge < -0.3 is 4.74 Å². The Kier molecular flexibility index (Phi) is 9.32. The maximum absolute atomic E-state index is 12.0. The van der Waals surface area contributed by atoms with Crippen LogP contribution in [-0.2, 0) is 9.53 Å². The molecule has 0 aliphatic heterocycles. The first-order valence-electron chi connectivity index (χ1n) is 6.23. The molecule has 18 heavy (non-hydrogen) atoms. The van der Waals surface area contributed by atoms with E-state index in [1.54, 1.807) is 0 Å². The van der Waals surface area contributed by atoms with E-state index in [4.69, 9.17) is 4.74 Å². The molecule has 6 heteroatoms. The van der Waals surface area contributed by atoms with E-state index >= 15 is 0 Å². The Bertz CT molecular complexity index is 232. The maximum Gasteiger partial charge on any atom is 0.389 e. The predicted octanol–water partition coefficient (Wildman–Crippen LogP) is 4.18. The van der Waals surface area contributed by atoms with Crippen molar-refractivity contribution in [3.05, 3.63) is 0 Å². The van der Waals surface area contributed by atoms with Gasteiger partial charge in [-0.25, -0.2) is 0 Å². The van der Waals surface area contributed by atoms with Gasteiger partial charge in [0.2, 0.25) is 0 Å². The Labute approximate surface area is 111 Å². The summed E-state index contributed by atoms with van der Waals surface area (Å²) in [7, 11) is 0. The maximum atomic E-state index is 12.0. The molecule has 0 heterocycles. The molecule has 1 unspecified atom stereocenters. The monoisotopic (exact) mass is 286 g/mol. The lowest BCUT2D eigenvalue weighted by atomic mass is 10.2. The highest BCUT2D eigenvalue weighted by molar-refractivity contribution is 7.99. The van der Waals surface area contributed by atoms with Gasteiger partial charge in [-0.05, 0) is 12.8 Å². The van der Waals surface area contributed by atoms with Gasteiger partial charge in [0, 0.05) is 17.4 Å². The van der Waals surface area contributed by atoms with E-state index in [9.17, 15) is 18.0 Å². The molecule has 0 aromatic carbocycles. The molecule has 0 amide bonds. The van der Waals surface area contributed by atoms with Crippen LogP contribution < -0.4 is 0 Å². The summed E-state index contributed by atoms with van der Waals surface area (Å²) in [5.74, 6) is -0.235. The lowest BCUT2D eigenvalue weighted by molar-refractivity contribution is -0.143. The van der Waals surface area contributed by atoms with Crippen molar-refractivity contribution in [1.29, 1.82) is 0 Å². The highest BCUT2D eigenvalue weighted by Gasteiger charge is 2.26. The van der Waals surface area contributed by atoms with Crippen LogP contribution in [0.4, 0.5) is 13.2 Å². The van der Waals surface area contributed by atoms with Crippen molar-refractivity contribution in [3.63, 3.8) is 0 Å². The van der Waals surface area contributed by atoms with Gasteiger partial charge in [0.25, 0.3) is 0 Å². The topological polar surface area (TPSA) is 26.3 Å². The number of alkyl halides is 3. The molecule has 0 aromatic rings. The number of carbonyl (C=O) groups is 1. The van der Waals surface area contributed by atoms with Crippen LogP contribution in [0.2, 0.25) is 0 Å². The summed E-state index contributed by atoms with van der Waals surface area (Å²) in [6.07, 6.45) is -2.10. The second kappa shape index (κ2) is 9.53. The molecule has 0 fully saturated rings. The molecular formula is C12H21F3O2S. The van der Waals surface area contributed by atoms with Crippen molar-refractivity contribution in [2.45, 2.75) is 57.4 Å². The number of thioether (sulfide) groups is 1. The summed E-state index contributed by atoms with van der Waals surface area (Å²) in [4.78, 5) is 11.2. The summed E-state index contributed by atoms with van der Waals surface area (Å²) in [6.45, 7) is 4.07. The normalized spacial score (nSPS) is 13.4. The zero-order valence-corrected chi connectivity index (χ0v) is 11.7. The fraction of sp³-hybridized carbons (Fsp3) is 0.917. The molecule has 2 nitrogen and oxygen atoms in total. The second-order valence-electron chi connectivity index (χ2n) is 4.05. The van der Waals surface area contributed by atoms with Gasteiger partial charge in [-0.2, -0.15) is 24.9 Å². The highest BCUT2D eigenvalue weighted by atomic mass is 32.2. The van der Waals surface area contributed by atoms with Crippen LogP contribution in [0.1, 0.15) is 46.0 Å². The molecule has 1 atom stereocenters. The molecule has 0 bridgehead atoms. The minimum Gasteiger partial charge on any atom is -0.464 e. The van der Waals surface area contributed by atoms with E-state index in [1.165, 1.54) is 11.8 Å². The first kappa shape index (κ1) is 17.6. The molecule has 0 radical (unpaired) electrons. The van der Waals surface area contributed by atoms with E-state index < -0.39 is 12.6 Å². The van der Waals surface area contributed by atoms with Crippen LogP contribution in [0.15, 0.2) is 0 Å². The van der Waals surface area contributed by atoms with Crippen LogP contribution in [0, 0.1) is 0 Å². The molecule has 0 aromatic heterocycles. The van der Waals surface area contributed by atoms with Crippen molar-refractivity contribution >= 4 is 17.7 Å². The van der Waals surface area contributed by atoms with E-state index in [-0.39, 0.29) is 23.6 Å². The number of esters is 1. The van der Waals surface area contributed by atoms with E-state index in [0.717, 1.165) is 12.8 Å². The number of ether oxygens (including phenoxy) is 1. The zero-order chi connectivity index (χ0) is 14.0. The fourth-order valence-electron chi connectivity index (χ4n) is 1.20. The highest BCUT2D eigenvalue weighted by Crippen LogP contribution is 2.25. The number of hydrogen-bond acceptors (Lipinski definition) is 3. The minimum absolute atomic E-state index is 0.0223. The third-order valence-electron chi connectivity index (χ3n) is 2.36. The Morgan fingerprint density at radius 1 is 1.33 bits per heavy atom. The predicted molar refractivity (Wildman–Crippen MR) is 67.7 cm³/mol. The van der Waals surface area contributed by atoms with E-state index in [0.29, 0.717) is 12.8 Å². The molecule has 0 saturated carbocycles. The molecule has 0 saturated heterocycles. The summed E-state index contributed by atoms with van der Waals surface area (Å²) in [6, 6.07) is 0. The van der Waals surface area contributed by atoms with Crippen LogP contribution in [-0.4, -0.2) is 29.8 Å². The summed E-state index contributed by atoms with van der Waals surface area (Å²) in [5, 5.41) is -0.0436. The lowest BCUT2D eigenvalue weighted by Gasteiger charge is -2.15. The number of carbonyl (C=O) groups excluding carboxylic acids is 1. The van der Waals surface area contributed by atoms with E-state index in [1.807, 2.05) is 13.8 Å². The zero-order valence-electron chi connectivity index (χ0n) is 10.9. The molecular weight excluding hydrogens is 265 g/mol. The number of halogens is 3. The number of unbranched alkanes of at least 4 members (excludes halogenated alkanes) is 1. The minimum atomic E-state index is -4.11. The Morgan fingerprint density at radius 3 is 2.50 bits per heavy atom. The summed E-state index contributed by atoms with van der Waals surface area (Å²) < 4.78 is 40.9. The molecule has 0 aliphatic rings. The average Bonchev–Trinajstić information content (AvgIpc) is 2.29. The van der Waals surface area contributed by atoms with Crippen LogP contribution >= 0.6 is 11.8 Å². The second-order valence-corrected chi connectivity index (χ2v) is 5.46.